The van der Waals surface area contributed by atoms with Gasteiger partial charge in [0, 0.05) is 23.5 Å². The topological polar surface area (TPSA) is 87.8 Å². The highest BCUT2D eigenvalue weighted by atomic mass is 16.3. The van der Waals surface area contributed by atoms with E-state index in [4.69, 9.17) is 5.73 Å². The van der Waals surface area contributed by atoms with E-state index < -0.39 is 6.10 Å². The Hall–Kier alpha value is -1.88. The summed E-state index contributed by atoms with van der Waals surface area (Å²) in [4.78, 5) is 3.97. The number of rotatable bonds is 2. The maximum absolute atomic E-state index is 10.1. The fourth-order valence-electron chi connectivity index (χ4n) is 1.45. The van der Waals surface area contributed by atoms with E-state index >= 15 is 0 Å². The lowest BCUT2D eigenvalue weighted by Crippen LogP contribution is -2.04. The van der Waals surface area contributed by atoms with E-state index in [0.29, 0.717) is 11.4 Å². The molecule has 0 aliphatic heterocycles. The van der Waals surface area contributed by atoms with Crippen molar-refractivity contribution in [2.75, 3.05) is 5.73 Å². The molecule has 4 N–H and O–H groups in total. The van der Waals surface area contributed by atoms with Gasteiger partial charge >= 0.3 is 0 Å². The molecule has 2 rings (SSSR count). The molecule has 0 saturated carbocycles. The van der Waals surface area contributed by atoms with Gasteiger partial charge < -0.3 is 10.8 Å². The number of hydrogen-bond donors (Lipinski definition) is 3. The van der Waals surface area contributed by atoms with E-state index in [-0.39, 0.29) is 0 Å². The Bertz CT molecular complexity index is 466. The first-order valence-electron chi connectivity index (χ1n) is 4.57. The summed E-state index contributed by atoms with van der Waals surface area (Å²) < 4.78 is 0. The van der Waals surface area contributed by atoms with Crippen molar-refractivity contribution in [3.8, 4) is 0 Å². The number of hydrogen-bond acceptors (Lipinski definition) is 4. The molecule has 15 heavy (non-hydrogen) atoms. The van der Waals surface area contributed by atoms with E-state index in [1.165, 1.54) is 6.20 Å². The second-order valence-corrected chi connectivity index (χ2v) is 3.37. The maximum Gasteiger partial charge on any atom is 0.125 e. The van der Waals surface area contributed by atoms with E-state index in [1.54, 1.807) is 12.4 Å². The molecule has 0 saturated heterocycles. The Balaban J connectivity index is 2.41. The lowest BCUT2D eigenvalue weighted by atomic mass is 10.0. The summed E-state index contributed by atoms with van der Waals surface area (Å²) in [7, 11) is 0. The number of pyridine rings is 1. The molecule has 0 bridgehead atoms. The van der Waals surface area contributed by atoms with Crippen LogP contribution in [0.15, 0.2) is 24.7 Å². The highest BCUT2D eigenvalue weighted by Gasteiger charge is 2.16. The summed E-state index contributed by atoms with van der Waals surface area (Å²) in [6, 6.07) is 1.84. The van der Waals surface area contributed by atoms with Gasteiger partial charge in [-0.25, -0.2) is 0 Å². The first kappa shape index (κ1) is 9.67. The molecule has 5 nitrogen and oxygen atoms in total. The van der Waals surface area contributed by atoms with Gasteiger partial charge in [0.25, 0.3) is 0 Å². The number of aliphatic hydroxyl groups is 1. The van der Waals surface area contributed by atoms with Crippen LogP contribution in [0.5, 0.6) is 0 Å². The normalized spacial score (nSPS) is 12.7. The largest absolute Gasteiger partial charge is 0.384 e. The van der Waals surface area contributed by atoms with E-state index in [0.717, 1.165) is 11.1 Å². The summed E-state index contributed by atoms with van der Waals surface area (Å²) >= 11 is 0. The molecule has 0 fully saturated rings. The second kappa shape index (κ2) is 3.70. The number of aromatic nitrogens is 3. The van der Waals surface area contributed by atoms with Crippen molar-refractivity contribution < 1.29 is 5.11 Å². The fourth-order valence-corrected chi connectivity index (χ4v) is 1.45. The molecule has 2 aromatic heterocycles. The number of anilines is 1. The number of aryl methyl sites for hydroxylation is 1. The minimum Gasteiger partial charge on any atom is -0.384 e. The van der Waals surface area contributed by atoms with Crippen LogP contribution in [0.1, 0.15) is 22.8 Å². The fraction of sp³-hybridized carbons (Fsp3) is 0.200. The molecule has 0 amide bonds. The predicted octanol–water partition coefficient (Wildman–Crippen LogP) is 0.777. The van der Waals surface area contributed by atoms with Crippen LogP contribution in [0.2, 0.25) is 0 Å². The van der Waals surface area contributed by atoms with Gasteiger partial charge in [0.2, 0.25) is 0 Å². The zero-order chi connectivity index (χ0) is 10.8. The van der Waals surface area contributed by atoms with Gasteiger partial charge in [-0.3, -0.25) is 10.1 Å². The third-order valence-corrected chi connectivity index (χ3v) is 2.37. The van der Waals surface area contributed by atoms with Crippen LogP contribution < -0.4 is 5.73 Å². The molecule has 0 spiro atoms. The molecule has 0 aliphatic rings. The molecule has 1 unspecified atom stereocenters. The van der Waals surface area contributed by atoms with Crippen molar-refractivity contribution >= 4 is 5.82 Å². The molecule has 1 atom stereocenters. The number of aromatic amines is 1. The summed E-state index contributed by atoms with van der Waals surface area (Å²) in [5, 5.41) is 16.4. The molecule has 2 aromatic rings. The van der Waals surface area contributed by atoms with Crippen molar-refractivity contribution in [2.24, 2.45) is 0 Å². The predicted molar refractivity (Wildman–Crippen MR) is 56.0 cm³/mol. The van der Waals surface area contributed by atoms with Crippen molar-refractivity contribution in [3.63, 3.8) is 0 Å². The van der Waals surface area contributed by atoms with Crippen LogP contribution in [0.4, 0.5) is 5.82 Å². The van der Waals surface area contributed by atoms with Crippen LogP contribution >= 0.6 is 0 Å². The SMILES string of the molecule is Cc1ccncc1C(O)c1cn[nH]c1N. The van der Waals surface area contributed by atoms with Crippen molar-refractivity contribution in [3.05, 3.63) is 41.3 Å². The van der Waals surface area contributed by atoms with E-state index in [2.05, 4.69) is 15.2 Å². The van der Waals surface area contributed by atoms with Crippen LogP contribution in [0.25, 0.3) is 0 Å². The Labute approximate surface area is 87.0 Å². The maximum atomic E-state index is 10.1. The van der Waals surface area contributed by atoms with Gasteiger partial charge in [0.1, 0.15) is 11.9 Å². The molecule has 2 heterocycles. The third-order valence-electron chi connectivity index (χ3n) is 2.37. The number of nitrogens with zero attached hydrogens (tertiary/aromatic N) is 2. The Morgan fingerprint density at radius 2 is 2.20 bits per heavy atom. The first-order valence-corrected chi connectivity index (χ1v) is 4.57. The first-order chi connectivity index (χ1) is 7.20. The minimum absolute atomic E-state index is 0.380. The van der Waals surface area contributed by atoms with Crippen LogP contribution in [-0.2, 0) is 0 Å². The van der Waals surface area contributed by atoms with Crippen LogP contribution in [0.3, 0.4) is 0 Å². The quantitative estimate of drug-likeness (QED) is 0.674. The van der Waals surface area contributed by atoms with Crippen molar-refractivity contribution in [2.45, 2.75) is 13.0 Å². The van der Waals surface area contributed by atoms with E-state index in [1.807, 2.05) is 13.0 Å². The third kappa shape index (κ3) is 1.69. The molecule has 5 heteroatoms. The summed E-state index contributed by atoms with van der Waals surface area (Å²) in [5.74, 6) is 0.380. The summed E-state index contributed by atoms with van der Waals surface area (Å²) in [6.45, 7) is 1.91. The van der Waals surface area contributed by atoms with Gasteiger partial charge in [-0.05, 0) is 18.6 Å². The highest BCUT2D eigenvalue weighted by Crippen LogP contribution is 2.26. The lowest BCUT2D eigenvalue weighted by Gasteiger charge is -2.11. The molecule has 78 valence electrons. The highest BCUT2D eigenvalue weighted by molar-refractivity contribution is 5.44. The lowest BCUT2D eigenvalue weighted by molar-refractivity contribution is 0.220. The van der Waals surface area contributed by atoms with Gasteiger partial charge in [-0.1, -0.05) is 0 Å². The number of nitrogens with one attached hydrogen (secondary N) is 1. The zero-order valence-corrected chi connectivity index (χ0v) is 8.31. The number of H-pyrrole nitrogens is 1. The van der Waals surface area contributed by atoms with Gasteiger partial charge in [0.05, 0.1) is 6.20 Å². The zero-order valence-electron chi connectivity index (χ0n) is 8.31. The second-order valence-electron chi connectivity index (χ2n) is 3.37. The average Bonchev–Trinajstić information content (AvgIpc) is 2.64. The summed E-state index contributed by atoms with van der Waals surface area (Å²) in [5.41, 5.74) is 7.92. The monoisotopic (exact) mass is 204 g/mol. The number of nitrogens with two attached hydrogens (primary N) is 1. The Kier molecular flexibility index (Phi) is 2.39. The van der Waals surface area contributed by atoms with Crippen LogP contribution in [-0.4, -0.2) is 20.3 Å². The standard InChI is InChI=1S/C10H12N4O/c1-6-2-3-12-4-7(6)9(15)8-5-13-14-10(8)11/h2-5,9,15H,1H3,(H3,11,13,14). The van der Waals surface area contributed by atoms with Crippen LogP contribution in [0, 0.1) is 6.92 Å². The van der Waals surface area contributed by atoms with Crippen molar-refractivity contribution in [1.29, 1.82) is 0 Å². The van der Waals surface area contributed by atoms with Gasteiger partial charge in [0.15, 0.2) is 0 Å². The molecule has 0 radical (unpaired) electrons. The molecule has 0 aromatic carbocycles. The van der Waals surface area contributed by atoms with Gasteiger partial charge in [-0.15, -0.1) is 0 Å². The summed E-state index contributed by atoms with van der Waals surface area (Å²) in [6.07, 6.45) is 4.06. The smallest absolute Gasteiger partial charge is 0.125 e. The van der Waals surface area contributed by atoms with Crippen molar-refractivity contribution in [1.82, 2.24) is 15.2 Å². The number of nitrogen functional groups attached to an aromatic ring is 1. The number of aliphatic hydroxyl groups excluding tert-OH is 1. The average molecular weight is 204 g/mol. The Morgan fingerprint density at radius 3 is 2.80 bits per heavy atom. The minimum atomic E-state index is -0.780. The van der Waals surface area contributed by atoms with Gasteiger partial charge in [-0.2, -0.15) is 5.10 Å². The Morgan fingerprint density at radius 1 is 1.40 bits per heavy atom. The van der Waals surface area contributed by atoms with E-state index in [9.17, 15) is 5.11 Å². The molecule has 0 aliphatic carbocycles. The molecular weight excluding hydrogens is 192 g/mol. The molecular formula is C10H12N4O.